The minimum atomic E-state index is -0.165. The standard InChI is InChI=1S/C15H23N3O3/c1-2-21-10-4-9-17-15(20)12-5-3-6-13(11-12)18-14(19)7-8-16/h3,5-6,11H,2,4,7-10,16H2,1H3,(H,17,20)(H,18,19). The quantitative estimate of drug-likeness (QED) is 0.595. The highest BCUT2D eigenvalue weighted by Crippen LogP contribution is 2.11. The van der Waals surface area contributed by atoms with Gasteiger partial charge >= 0.3 is 0 Å². The van der Waals surface area contributed by atoms with Crippen LogP contribution in [0.2, 0.25) is 0 Å². The van der Waals surface area contributed by atoms with Gasteiger partial charge in [-0.1, -0.05) is 6.07 Å². The van der Waals surface area contributed by atoms with E-state index in [1.54, 1.807) is 24.3 Å². The summed E-state index contributed by atoms with van der Waals surface area (Å²) in [6.45, 7) is 4.10. The number of nitrogens with one attached hydrogen (secondary N) is 2. The van der Waals surface area contributed by atoms with E-state index in [4.69, 9.17) is 10.5 Å². The summed E-state index contributed by atoms with van der Waals surface area (Å²) in [6, 6.07) is 6.82. The predicted octanol–water partition coefficient (Wildman–Crippen LogP) is 1.13. The van der Waals surface area contributed by atoms with Gasteiger partial charge < -0.3 is 21.1 Å². The van der Waals surface area contributed by atoms with Crippen LogP contribution in [0, 0.1) is 0 Å². The van der Waals surface area contributed by atoms with Crippen molar-refractivity contribution in [2.45, 2.75) is 19.8 Å². The molecule has 0 unspecified atom stereocenters. The molecule has 0 aliphatic carbocycles. The van der Waals surface area contributed by atoms with Gasteiger partial charge in [0.15, 0.2) is 0 Å². The largest absolute Gasteiger partial charge is 0.382 e. The molecule has 2 amide bonds. The molecule has 0 saturated carbocycles. The van der Waals surface area contributed by atoms with Gasteiger partial charge in [0, 0.05) is 44.0 Å². The summed E-state index contributed by atoms with van der Waals surface area (Å²) in [5.41, 5.74) is 6.42. The van der Waals surface area contributed by atoms with Crippen molar-refractivity contribution in [3.05, 3.63) is 29.8 Å². The van der Waals surface area contributed by atoms with Gasteiger partial charge in [-0.25, -0.2) is 0 Å². The number of hydrogen-bond donors (Lipinski definition) is 3. The highest BCUT2D eigenvalue weighted by atomic mass is 16.5. The van der Waals surface area contributed by atoms with Crippen molar-refractivity contribution in [1.29, 1.82) is 0 Å². The average Bonchev–Trinajstić information content (AvgIpc) is 2.47. The Bertz CT molecular complexity index is 463. The van der Waals surface area contributed by atoms with Crippen molar-refractivity contribution in [3.8, 4) is 0 Å². The average molecular weight is 293 g/mol. The molecular weight excluding hydrogens is 270 g/mol. The Morgan fingerprint density at radius 3 is 2.86 bits per heavy atom. The third-order valence-electron chi connectivity index (χ3n) is 2.74. The summed E-state index contributed by atoms with van der Waals surface area (Å²) >= 11 is 0. The minimum absolute atomic E-state index is 0.160. The van der Waals surface area contributed by atoms with E-state index in [0.29, 0.717) is 37.6 Å². The first-order valence-corrected chi connectivity index (χ1v) is 7.13. The van der Waals surface area contributed by atoms with Gasteiger partial charge in [-0.2, -0.15) is 0 Å². The van der Waals surface area contributed by atoms with Crippen molar-refractivity contribution < 1.29 is 14.3 Å². The van der Waals surface area contributed by atoms with Gasteiger partial charge in [-0.05, 0) is 31.5 Å². The number of anilines is 1. The molecule has 1 aromatic carbocycles. The lowest BCUT2D eigenvalue weighted by molar-refractivity contribution is -0.116. The molecule has 0 bridgehead atoms. The molecule has 0 fully saturated rings. The van der Waals surface area contributed by atoms with Gasteiger partial charge in [-0.3, -0.25) is 9.59 Å². The first-order valence-electron chi connectivity index (χ1n) is 7.13. The predicted molar refractivity (Wildman–Crippen MR) is 82.2 cm³/mol. The molecule has 116 valence electrons. The number of hydrogen-bond acceptors (Lipinski definition) is 4. The lowest BCUT2D eigenvalue weighted by Gasteiger charge is -2.08. The third kappa shape index (κ3) is 6.87. The van der Waals surface area contributed by atoms with E-state index in [-0.39, 0.29) is 18.2 Å². The molecule has 6 nitrogen and oxygen atoms in total. The van der Waals surface area contributed by atoms with Crippen LogP contribution in [0.4, 0.5) is 5.69 Å². The maximum absolute atomic E-state index is 12.0. The fourth-order valence-corrected chi connectivity index (χ4v) is 1.72. The summed E-state index contributed by atoms with van der Waals surface area (Å²) < 4.78 is 5.20. The monoisotopic (exact) mass is 293 g/mol. The van der Waals surface area contributed by atoms with Crippen LogP contribution in [0.15, 0.2) is 24.3 Å². The second kappa shape index (κ2) is 9.90. The minimum Gasteiger partial charge on any atom is -0.382 e. The van der Waals surface area contributed by atoms with Crippen molar-refractivity contribution in [2.24, 2.45) is 5.73 Å². The smallest absolute Gasteiger partial charge is 0.251 e. The topological polar surface area (TPSA) is 93.5 Å². The Balaban J connectivity index is 2.47. The van der Waals surface area contributed by atoms with Crippen LogP contribution < -0.4 is 16.4 Å². The molecule has 4 N–H and O–H groups in total. The fourth-order valence-electron chi connectivity index (χ4n) is 1.72. The Labute approximate surface area is 125 Å². The van der Waals surface area contributed by atoms with Crippen LogP contribution in [0.5, 0.6) is 0 Å². The van der Waals surface area contributed by atoms with Gasteiger partial charge in [0.25, 0.3) is 5.91 Å². The Morgan fingerprint density at radius 1 is 1.33 bits per heavy atom. The Hall–Kier alpha value is -1.92. The maximum atomic E-state index is 12.0. The third-order valence-corrected chi connectivity index (χ3v) is 2.74. The van der Waals surface area contributed by atoms with Crippen molar-refractivity contribution in [2.75, 3.05) is 31.6 Å². The van der Waals surface area contributed by atoms with E-state index in [2.05, 4.69) is 10.6 Å². The van der Waals surface area contributed by atoms with Crippen LogP contribution in [0.1, 0.15) is 30.1 Å². The van der Waals surface area contributed by atoms with E-state index in [1.807, 2.05) is 6.92 Å². The van der Waals surface area contributed by atoms with Crippen LogP contribution in [0.25, 0.3) is 0 Å². The second-order valence-corrected chi connectivity index (χ2v) is 4.47. The van der Waals surface area contributed by atoms with Gasteiger partial charge in [0.2, 0.25) is 5.91 Å². The lowest BCUT2D eigenvalue weighted by Crippen LogP contribution is -2.25. The van der Waals surface area contributed by atoms with E-state index < -0.39 is 0 Å². The molecule has 21 heavy (non-hydrogen) atoms. The SMILES string of the molecule is CCOCCCNC(=O)c1cccc(NC(=O)CCN)c1. The van der Waals surface area contributed by atoms with E-state index in [0.717, 1.165) is 6.42 Å². The molecule has 0 aliphatic rings. The van der Waals surface area contributed by atoms with E-state index in [1.165, 1.54) is 0 Å². The summed E-state index contributed by atoms with van der Waals surface area (Å²) in [7, 11) is 0. The van der Waals surface area contributed by atoms with Gasteiger partial charge in [0.1, 0.15) is 0 Å². The normalized spacial score (nSPS) is 10.2. The molecular formula is C15H23N3O3. The Morgan fingerprint density at radius 2 is 2.14 bits per heavy atom. The number of benzene rings is 1. The number of rotatable bonds is 9. The zero-order valence-electron chi connectivity index (χ0n) is 12.4. The second-order valence-electron chi connectivity index (χ2n) is 4.47. The zero-order chi connectivity index (χ0) is 15.5. The van der Waals surface area contributed by atoms with Gasteiger partial charge in [-0.15, -0.1) is 0 Å². The number of nitrogens with two attached hydrogens (primary N) is 1. The first kappa shape index (κ1) is 17.1. The molecule has 0 heterocycles. The first-order chi connectivity index (χ1) is 10.2. The zero-order valence-corrected chi connectivity index (χ0v) is 12.4. The van der Waals surface area contributed by atoms with Gasteiger partial charge in [0.05, 0.1) is 0 Å². The highest BCUT2D eigenvalue weighted by molar-refractivity contribution is 5.97. The van der Waals surface area contributed by atoms with Crippen molar-refractivity contribution >= 4 is 17.5 Å². The summed E-state index contributed by atoms with van der Waals surface area (Å²) in [4.78, 5) is 23.4. The highest BCUT2D eigenvalue weighted by Gasteiger charge is 2.07. The molecule has 0 radical (unpaired) electrons. The number of ether oxygens (including phenoxy) is 1. The van der Waals surface area contributed by atoms with Crippen molar-refractivity contribution in [1.82, 2.24) is 5.32 Å². The summed E-state index contributed by atoms with van der Waals surface area (Å²) in [5, 5.41) is 5.52. The lowest BCUT2D eigenvalue weighted by atomic mass is 10.2. The van der Waals surface area contributed by atoms with E-state index >= 15 is 0 Å². The molecule has 1 aromatic rings. The molecule has 0 atom stereocenters. The number of amides is 2. The van der Waals surface area contributed by atoms with Crippen LogP contribution in [0.3, 0.4) is 0 Å². The van der Waals surface area contributed by atoms with Crippen LogP contribution in [-0.4, -0.2) is 38.1 Å². The molecule has 0 spiro atoms. The summed E-state index contributed by atoms with van der Waals surface area (Å²) in [6.07, 6.45) is 1.03. The maximum Gasteiger partial charge on any atom is 0.251 e. The van der Waals surface area contributed by atoms with Crippen molar-refractivity contribution in [3.63, 3.8) is 0 Å². The van der Waals surface area contributed by atoms with Crippen LogP contribution >= 0.6 is 0 Å². The summed E-state index contributed by atoms with van der Waals surface area (Å²) in [5.74, 6) is -0.326. The molecule has 6 heteroatoms. The van der Waals surface area contributed by atoms with E-state index in [9.17, 15) is 9.59 Å². The molecule has 0 aliphatic heterocycles. The number of carbonyl (C=O) groups is 2. The Kier molecular flexibility index (Phi) is 8.08. The van der Waals surface area contributed by atoms with Crippen LogP contribution in [-0.2, 0) is 9.53 Å². The molecule has 1 rings (SSSR count). The molecule has 0 saturated heterocycles. The fraction of sp³-hybridized carbons (Fsp3) is 0.467. The number of carbonyl (C=O) groups excluding carboxylic acids is 2. The molecule has 0 aromatic heterocycles.